The molecule has 7 nitrogen and oxygen atoms in total. The van der Waals surface area contributed by atoms with Gasteiger partial charge in [-0.2, -0.15) is 0 Å². The number of benzene rings is 1. The molecule has 0 saturated carbocycles. The third-order valence-corrected chi connectivity index (χ3v) is 5.59. The van der Waals surface area contributed by atoms with Crippen molar-refractivity contribution < 1.29 is 9.59 Å². The molecule has 4 rings (SSSR count). The van der Waals surface area contributed by atoms with Gasteiger partial charge in [0.2, 0.25) is 0 Å². The Morgan fingerprint density at radius 1 is 0.862 bits per heavy atom. The molecule has 1 aromatic carbocycles. The van der Waals surface area contributed by atoms with E-state index in [-0.39, 0.29) is 17.5 Å². The second-order valence-electron chi connectivity index (χ2n) is 7.70. The van der Waals surface area contributed by atoms with Gasteiger partial charge in [-0.3, -0.25) is 9.59 Å². The van der Waals surface area contributed by atoms with Gasteiger partial charge in [-0.15, -0.1) is 0 Å². The van der Waals surface area contributed by atoms with Crippen LogP contribution in [0.3, 0.4) is 0 Å². The fraction of sp³-hybridized carbons (Fsp3) is 0.409. The monoisotopic (exact) mass is 393 g/mol. The van der Waals surface area contributed by atoms with Gasteiger partial charge >= 0.3 is 0 Å². The van der Waals surface area contributed by atoms with Crippen molar-refractivity contribution in [3.05, 3.63) is 53.9 Å². The topological polar surface area (TPSA) is 68.8 Å². The van der Waals surface area contributed by atoms with Gasteiger partial charge in [-0.05, 0) is 56.3 Å². The molecular formula is C22H27N5O2. The van der Waals surface area contributed by atoms with Crippen LogP contribution in [0.25, 0.3) is 0 Å². The molecule has 2 aromatic rings. The van der Waals surface area contributed by atoms with Crippen LogP contribution in [0.2, 0.25) is 0 Å². The second kappa shape index (κ2) is 8.61. The molecule has 0 unspecified atom stereocenters. The minimum Gasteiger partial charge on any atom is -0.372 e. The maximum atomic E-state index is 12.7. The lowest BCUT2D eigenvalue weighted by atomic mass is 10.2. The number of carbonyl (C=O) groups excluding carboxylic acids is 2. The first-order valence-electron chi connectivity index (χ1n) is 10.2. The van der Waals surface area contributed by atoms with Crippen LogP contribution in [0.5, 0.6) is 0 Å². The Morgan fingerprint density at radius 2 is 1.52 bits per heavy atom. The van der Waals surface area contributed by atoms with E-state index in [1.54, 1.807) is 23.1 Å². The molecule has 2 amide bonds. The summed E-state index contributed by atoms with van der Waals surface area (Å²) >= 11 is 0. The van der Waals surface area contributed by atoms with Crippen molar-refractivity contribution >= 4 is 23.2 Å². The second-order valence-corrected chi connectivity index (χ2v) is 7.70. The van der Waals surface area contributed by atoms with Crippen LogP contribution >= 0.6 is 0 Å². The number of nitrogens with one attached hydrogen (secondary N) is 1. The molecule has 2 aliphatic heterocycles. The van der Waals surface area contributed by atoms with E-state index in [0.29, 0.717) is 18.8 Å². The molecule has 7 heteroatoms. The Kier molecular flexibility index (Phi) is 5.76. The highest BCUT2D eigenvalue weighted by Crippen LogP contribution is 2.22. The van der Waals surface area contributed by atoms with Crippen molar-refractivity contribution in [2.45, 2.75) is 12.8 Å². The summed E-state index contributed by atoms with van der Waals surface area (Å²) in [4.78, 5) is 36.0. The lowest BCUT2D eigenvalue weighted by Gasteiger charge is -2.32. The Hall–Kier alpha value is -2.93. The van der Waals surface area contributed by atoms with E-state index in [9.17, 15) is 9.59 Å². The standard InChI is InChI=1S/C22H27N5O2/c1-25-13-15-27(16-14-25)22(29)20-6-4-5-19(24-20)21(28)23-17-7-9-18(10-8-17)26-11-2-3-12-26/h4-10H,2-3,11-16H2,1H3,(H,23,28). The van der Waals surface area contributed by atoms with Gasteiger partial charge in [-0.25, -0.2) is 4.98 Å². The Labute approximate surface area is 171 Å². The predicted octanol–water partition coefficient (Wildman–Crippen LogP) is 2.32. The van der Waals surface area contributed by atoms with Crippen molar-refractivity contribution in [3.8, 4) is 0 Å². The summed E-state index contributed by atoms with van der Waals surface area (Å²) in [6.07, 6.45) is 2.46. The molecule has 0 spiro atoms. The van der Waals surface area contributed by atoms with Crippen LogP contribution in [0, 0.1) is 0 Å². The Balaban J connectivity index is 1.41. The summed E-state index contributed by atoms with van der Waals surface area (Å²) in [6.45, 7) is 5.22. The molecule has 1 N–H and O–H groups in total. The zero-order valence-electron chi connectivity index (χ0n) is 16.8. The largest absolute Gasteiger partial charge is 0.372 e. The van der Waals surface area contributed by atoms with Gasteiger partial charge in [0, 0.05) is 50.6 Å². The maximum absolute atomic E-state index is 12.7. The minimum absolute atomic E-state index is 0.122. The van der Waals surface area contributed by atoms with E-state index in [4.69, 9.17) is 0 Å². The molecule has 1 aromatic heterocycles. The lowest BCUT2D eigenvalue weighted by Crippen LogP contribution is -2.47. The number of carbonyl (C=O) groups is 2. The Morgan fingerprint density at radius 3 is 2.21 bits per heavy atom. The minimum atomic E-state index is -0.313. The number of amides is 2. The summed E-state index contributed by atoms with van der Waals surface area (Å²) in [7, 11) is 2.04. The highest BCUT2D eigenvalue weighted by Gasteiger charge is 2.22. The van der Waals surface area contributed by atoms with Crippen LogP contribution in [-0.2, 0) is 0 Å². The summed E-state index contributed by atoms with van der Waals surface area (Å²) in [6, 6.07) is 12.9. The lowest BCUT2D eigenvalue weighted by molar-refractivity contribution is 0.0658. The zero-order chi connectivity index (χ0) is 20.2. The number of aromatic nitrogens is 1. The first kappa shape index (κ1) is 19.4. The third kappa shape index (κ3) is 4.56. The summed E-state index contributed by atoms with van der Waals surface area (Å²) in [5.74, 6) is -0.435. The summed E-state index contributed by atoms with van der Waals surface area (Å²) in [5.41, 5.74) is 2.45. The van der Waals surface area contributed by atoms with Gasteiger partial charge in [0.15, 0.2) is 0 Å². The quantitative estimate of drug-likeness (QED) is 0.863. The first-order valence-corrected chi connectivity index (χ1v) is 10.2. The number of likely N-dealkylation sites (N-methyl/N-ethyl adjacent to an activating group) is 1. The first-order chi connectivity index (χ1) is 14.1. The van der Waals surface area contributed by atoms with Crippen molar-refractivity contribution in [1.82, 2.24) is 14.8 Å². The van der Waals surface area contributed by atoms with Gasteiger partial charge in [0.25, 0.3) is 11.8 Å². The van der Waals surface area contributed by atoms with Crippen LogP contribution in [-0.4, -0.2) is 72.9 Å². The van der Waals surface area contributed by atoms with Gasteiger partial charge in [0.05, 0.1) is 0 Å². The Bertz CT molecular complexity index is 869. The number of rotatable bonds is 4. The molecule has 2 fully saturated rings. The molecule has 152 valence electrons. The molecular weight excluding hydrogens is 366 g/mol. The average Bonchev–Trinajstić information content (AvgIpc) is 3.29. The average molecular weight is 393 g/mol. The number of pyridine rings is 1. The van der Waals surface area contributed by atoms with E-state index in [1.165, 1.54) is 18.5 Å². The van der Waals surface area contributed by atoms with Crippen LogP contribution in [0.1, 0.15) is 33.8 Å². The van der Waals surface area contributed by atoms with Crippen molar-refractivity contribution in [2.75, 3.05) is 56.5 Å². The van der Waals surface area contributed by atoms with E-state index in [1.807, 2.05) is 31.3 Å². The molecule has 29 heavy (non-hydrogen) atoms. The maximum Gasteiger partial charge on any atom is 0.274 e. The van der Waals surface area contributed by atoms with E-state index < -0.39 is 0 Å². The number of anilines is 2. The molecule has 3 heterocycles. The highest BCUT2D eigenvalue weighted by molar-refractivity contribution is 6.04. The van der Waals surface area contributed by atoms with Crippen LogP contribution in [0.4, 0.5) is 11.4 Å². The van der Waals surface area contributed by atoms with Crippen LogP contribution < -0.4 is 10.2 Å². The molecule has 2 saturated heterocycles. The van der Waals surface area contributed by atoms with Crippen molar-refractivity contribution in [1.29, 1.82) is 0 Å². The predicted molar refractivity (Wildman–Crippen MR) is 113 cm³/mol. The molecule has 0 radical (unpaired) electrons. The van der Waals surface area contributed by atoms with E-state index in [0.717, 1.165) is 31.9 Å². The fourth-order valence-electron chi connectivity index (χ4n) is 3.78. The molecule has 0 bridgehead atoms. The normalized spacial score (nSPS) is 17.4. The van der Waals surface area contributed by atoms with Gasteiger partial charge < -0.3 is 20.0 Å². The van der Waals surface area contributed by atoms with Crippen LogP contribution in [0.15, 0.2) is 42.5 Å². The number of hydrogen-bond donors (Lipinski definition) is 1. The molecule has 0 aliphatic carbocycles. The van der Waals surface area contributed by atoms with Crippen molar-refractivity contribution in [2.24, 2.45) is 0 Å². The van der Waals surface area contributed by atoms with Gasteiger partial charge in [0.1, 0.15) is 11.4 Å². The van der Waals surface area contributed by atoms with E-state index in [2.05, 4.69) is 20.1 Å². The van der Waals surface area contributed by atoms with E-state index >= 15 is 0 Å². The summed E-state index contributed by atoms with van der Waals surface area (Å²) in [5, 5.41) is 2.88. The zero-order valence-corrected chi connectivity index (χ0v) is 16.8. The molecule has 0 atom stereocenters. The van der Waals surface area contributed by atoms with Crippen molar-refractivity contribution in [3.63, 3.8) is 0 Å². The highest BCUT2D eigenvalue weighted by atomic mass is 16.2. The molecule has 2 aliphatic rings. The smallest absolute Gasteiger partial charge is 0.274 e. The number of piperazine rings is 1. The SMILES string of the molecule is CN1CCN(C(=O)c2cccc(C(=O)Nc3ccc(N4CCCC4)cc3)n2)CC1. The number of hydrogen-bond acceptors (Lipinski definition) is 5. The fourth-order valence-corrected chi connectivity index (χ4v) is 3.78. The third-order valence-electron chi connectivity index (χ3n) is 5.59. The number of nitrogens with zero attached hydrogens (tertiary/aromatic N) is 4. The van der Waals surface area contributed by atoms with Gasteiger partial charge in [-0.1, -0.05) is 6.07 Å². The summed E-state index contributed by atoms with van der Waals surface area (Å²) < 4.78 is 0.